The van der Waals surface area contributed by atoms with Crippen molar-refractivity contribution in [3.05, 3.63) is 93.7 Å². The van der Waals surface area contributed by atoms with E-state index in [0.717, 1.165) is 23.3 Å². The zero-order valence-corrected chi connectivity index (χ0v) is 21.8. The molecule has 0 saturated carbocycles. The fourth-order valence-corrected chi connectivity index (χ4v) is 5.55. The zero-order valence-electron chi connectivity index (χ0n) is 21.0. The summed E-state index contributed by atoms with van der Waals surface area (Å²) in [4.78, 5) is 31.6. The van der Waals surface area contributed by atoms with Crippen LogP contribution in [-0.4, -0.2) is 55.0 Å². The fourth-order valence-electron chi connectivity index (χ4n) is 4.63. The highest BCUT2D eigenvalue weighted by Crippen LogP contribution is 2.34. The lowest BCUT2D eigenvalue weighted by atomic mass is 10.00. The molecule has 2 heterocycles. The average molecular weight is 505 g/mol. The number of ether oxygens (including phenoxy) is 2. The lowest BCUT2D eigenvalue weighted by Crippen LogP contribution is -2.48. The van der Waals surface area contributed by atoms with Gasteiger partial charge < -0.3 is 19.3 Å². The standard InChI is InChI=1S/C29H32N2O4S/c1-5-14-30(29(33)23-8-6-7-9-26(23)34-4)18-28(32)31-15-12-27-22(13-16-36-27)24(31)19-35-25-11-10-20(2)17-21(25)3/h5-11,13,16-17,24H,1,12,14-15,18-19H2,2-4H3. The Morgan fingerprint density at radius 1 is 1.17 bits per heavy atom. The Bertz CT molecular complexity index is 1250. The van der Waals surface area contributed by atoms with Crippen molar-refractivity contribution in [1.29, 1.82) is 0 Å². The van der Waals surface area contributed by atoms with E-state index in [-0.39, 0.29) is 30.9 Å². The largest absolute Gasteiger partial charge is 0.496 e. The van der Waals surface area contributed by atoms with Crippen molar-refractivity contribution in [2.24, 2.45) is 0 Å². The highest BCUT2D eigenvalue weighted by atomic mass is 32.1. The van der Waals surface area contributed by atoms with E-state index in [2.05, 4.69) is 31.0 Å². The van der Waals surface area contributed by atoms with Gasteiger partial charge >= 0.3 is 0 Å². The third-order valence-corrected chi connectivity index (χ3v) is 7.44. The average Bonchev–Trinajstić information content (AvgIpc) is 3.36. The van der Waals surface area contributed by atoms with E-state index in [1.54, 1.807) is 35.6 Å². The minimum atomic E-state index is -0.267. The van der Waals surface area contributed by atoms with Gasteiger partial charge in [-0.15, -0.1) is 17.9 Å². The van der Waals surface area contributed by atoms with E-state index in [1.165, 1.54) is 22.5 Å². The molecule has 0 saturated heterocycles. The van der Waals surface area contributed by atoms with E-state index in [4.69, 9.17) is 9.47 Å². The molecule has 1 atom stereocenters. The third-order valence-electron chi connectivity index (χ3n) is 6.44. The molecule has 4 rings (SSSR count). The summed E-state index contributed by atoms with van der Waals surface area (Å²) >= 11 is 1.71. The van der Waals surface area contributed by atoms with Gasteiger partial charge in [0, 0.05) is 18.0 Å². The van der Waals surface area contributed by atoms with E-state index in [9.17, 15) is 9.59 Å². The van der Waals surface area contributed by atoms with Crippen molar-refractivity contribution >= 4 is 23.2 Å². The predicted octanol–water partition coefficient (Wildman–Crippen LogP) is 5.21. The summed E-state index contributed by atoms with van der Waals surface area (Å²) in [7, 11) is 1.53. The van der Waals surface area contributed by atoms with Crippen molar-refractivity contribution < 1.29 is 19.1 Å². The van der Waals surface area contributed by atoms with Gasteiger partial charge in [0.05, 0.1) is 18.7 Å². The molecule has 6 nitrogen and oxygen atoms in total. The van der Waals surface area contributed by atoms with Crippen LogP contribution in [0.15, 0.2) is 66.6 Å². The van der Waals surface area contributed by atoms with E-state index >= 15 is 0 Å². The van der Waals surface area contributed by atoms with Gasteiger partial charge in [-0.3, -0.25) is 9.59 Å². The second-order valence-electron chi connectivity index (χ2n) is 8.91. The summed E-state index contributed by atoms with van der Waals surface area (Å²) < 4.78 is 11.6. The molecular formula is C29H32N2O4S. The van der Waals surface area contributed by atoms with Gasteiger partial charge in [-0.25, -0.2) is 0 Å². The van der Waals surface area contributed by atoms with Crippen molar-refractivity contribution in [2.45, 2.75) is 26.3 Å². The lowest BCUT2D eigenvalue weighted by molar-refractivity contribution is -0.135. The van der Waals surface area contributed by atoms with Crippen molar-refractivity contribution in [2.75, 3.05) is 33.4 Å². The van der Waals surface area contributed by atoms with Gasteiger partial charge in [0.1, 0.15) is 24.7 Å². The van der Waals surface area contributed by atoms with E-state index in [0.29, 0.717) is 24.5 Å². The van der Waals surface area contributed by atoms with Gasteiger partial charge in [0.15, 0.2) is 0 Å². The van der Waals surface area contributed by atoms with Crippen LogP contribution >= 0.6 is 11.3 Å². The molecule has 0 radical (unpaired) electrons. The number of carbonyl (C=O) groups excluding carboxylic acids is 2. The first-order valence-electron chi connectivity index (χ1n) is 12.0. The summed E-state index contributed by atoms with van der Waals surface area (Å²) in [5, 5.41) is 2.07. The Hall–Kier alpha value is -3.58. The van der Waals surface area contributed by atoms with Crippen LogP contribution in [0.2, 0.25) is 0 Å². The van der Waals surface area contributed by atoms with Gasteiger partial charge in [-0.05, 0) is 61.0 Å². The van der Waals surface area contributed by atoms with Gasteiger partial charge in [0.25, 0.3) is 5.91 Å². The van der Waals surface area contributed by atoms with Crippen LogP contribution in [-0.2, 0) is 11.2 Å². The quantitative estimate of drug-likeness (QED) is 0.376. The number of fused-ring (bicyclic) bond motifs is 1. The van der Waals surface area contributed by atoms with Crippen molar-refractivity contribution in [1.82, 2.24) is 9.80 Å². The number of hydrogen-bond donors (Lipinski definition) is 0. The summed E-state index contributed by atoms with van der Waals surface area (Å²) in [5.41, 5.74) is 3.78. The number of benzene rings is 2. The predicted molar refractivity (Wildman–Crippen MR) is 143 cm³/mol. The van der Waals surface area contributed by atoms with Crippen LogP contribution in [0.4, 0.5) is 0 Å². The molecule has 0 spiro atoms. The smallest absolute Gasteiger partial charge is 0.258 e. The van der Waals surface area contributed by atoms with E-state index in [1.807, 2.05) is 30.0 Å². The number of para-hydroxylation sites is 1. The van der Waals surface area contributed by atoms with Crippen molar-refractivity contribution in [3.63, 3.8) is 0 Å². The normalized spacial score (nSPS) is 14.6. The first-order valence-corrected chi connectivity index (χ1v) is 12.9. The zero-order chi connectivity index (χ0) is 25.7. The second-order valence-corrected chi connectivity index (χ2v) is 9.91. The van der Waals surface area contributed by atoms with Gasteiger partial charge in [0.2, 0.25) is 5.91 Å². The Morgan fingerprint density at radius 3 is 2.72 bits per heavy atom. The first kappa shape index (κ1) is 25.5. The van der Waals surface area contributed by atoms with Crippen LogP contribution in [0, 0.1) is 13.8 Å². The molecule has 1 unspecified atom stereocenters. The molecule has 0 N–H and O–H groups in total. The monoisotopic (exact) mass is 504 g/mol. The first-order chi connectivity index (χ1) is 17.4. The summed E-state index contributed by atoms with van der Waals surface area (Å²) in [6.07, 6.45) is 2.43. The molecule has 7 heteroatoms. The van der Waals surface area contributed by atoms with Crippen molar-refractivity contribution in [3.8, 4) is 11.5 Å². The molecule has 0 aliphatic carbocycles. The maximum absolute atomic E-state index is 13.7. The molecule has 2 aromatic carbocycles. The summed E-state index contributed by atoms with van der Waals surface area (Å²) in [6, 6.07) is 15.0. The lowest BCUT2D eigenvalue weighted by Gasteiger charge is -2.37. The Balaban J connectivity index is 1.55. The van der Waals surface area contributed by atoms with Gasteiger partial charge in [-0.2, -0.15) is 0 Å². The molecule has 1 aliphatic heterocycles. The number of nitrogens with zero attached hydrogens (tertiary/aromatic N) is 2. The SMILES string of the molecule is C=CCN(CC(=O)N1CCc2sccc2C1COc1ccc(C)cc1C)C(=O)c1ccccc1OC. The Morgan fingerprint density at radius 2 is 1.97 bits per heavy atom. The highest BCUT2D eigenvalue weighted by molar-refractivity contribution is 7.10. The fraction of sp³-hybridized carbons (Fsp3) is 0.310. The van der Waals surface area contributed by atoms with Gasteiger partial charge in [-0.1, -0.05) is 35.9 Å². The minimum Gasteiger partial charge on any atom is -0.496 e. The van der Waals surface area contributed by atoms with Crippen LogP contribution in [0.5, 0.6) is 11.5 Å². The second kappa shape index (κ2) is 11.4. The Kier molecular flexibility index (Phi) is 8.10. The Labute approximate surface area is 216 Å². The summed E-state index contributed by atoms with van der Waals surface area (Å²) in [5.74, 6) is 0.905. The molecule has 1 aromatic heterocycles. The van der Waals surface area contributed by atoms with E-state index < -0.39 is 0 Å². The summed E-state index contributed by atoms with van der Waals surface area (Å²) in [6.45, 7) is 9.00. The highest BCUT2D eigenvalue weighted by Gasteiger charge is 2.34. The number of aryl methyl sites for hydroxylation is 2. The molecule has 36 heavy (non-hydrogen) atoms. The number of carbonyl (C=O) groups is 2. The topological polar surface area (TPSA) is 59.1 Å². The molecule has 2 amide bonds. The number of hydrogen-bond acceptors (Lipinski definition) is 5. The molecular weight excluding hydrogens is 472 g/mol. The van der Waals surface area contributed by atoms with Crippen LogP contribution < -0.4 is 9.47 Å². The molecule has 188 valence electrons. The molecule has 1 aliphatic rings. The number of amides is 2. The number of methoxy groups -OCH3 is 1. The number of thiophene rings is 1. The molecule has 0 fully saturated rings. The maximum atomic E-state index is 13.7. The maximum Gasteiger partial charge on any atom is 0.258 e. The number of rotatable bonds is 9. The van der Waals surface area contributed by atoms with Crippen LogP contribution in [0.3, 0.4) is 0 Å². The van der Waals surface area contributed by atoms with Crippen LogP contribution in [0.1, 0.15) is 38.0 Å². The minimum absolute atomic E-state index is 0.0531. The molecule has 3 aromatic rings. The van der Waals surface area contributed by atoms with Crippen LogP contribution in [0.25, 0.3) is 0 Å². The molecule has 0 bridgehead atoms. The third kappa shape index (κ3) is 5.46.